The SMILES string of the molecule is Clc1ccc(Cl)c(-c2csc(-c3cccnc3)n2)c1. The molecule has 94 valence electrons. The summed E-state index contributed by atoms with van der Waals surface area (Å²) < 4.78 is 0. The van der Waals surface area contributed by atoms with Crippen LogP contribution in [0.3, 0.4) is 0 Å². The lowest BCUT2D eigenvalue weighted by atomic mass is 10.2. The Labute approximate surface area is 124 Å². The lowest BCUT2D eigenvalue weighted by molar-refractivity contribution is 1.31. The van der Waals surface area contributed by atoms with Crippen molar-refractivity contribution in [2.24, 2.45) is 0 Å². The maximum Gasteiger partial charge on any atom is 0.125 e. The fraction of sp³-hybridized carbons (Fsp3) is 0. The Balaban J connectivity index is 2.04. The van der Waals surface area contributed by atoms with Gasteiger partial charge >= 0.3 is 0 Å². The molecule has 0 aliphatic rings. The highest BCUT2D eigenvalue weighted by Gasteiger charge is 2.10. The van der Waals surface area contributed by atoms with Gasteiger partial charge in [-0.05, 0) is 30.3 Å². The molecule has 2 aromatic heterocycles. The van der Waals surface area contributed by atoms with E-state index in [4.69, 9.17) is 23.2 Å². The molecule has 2 nitrogen and oxygen atoms in total. The predicted molar refractivity (Wildman–Crippen MR) is 80.8 cm³/mol. The summed E-state index contributed by atoms with van der Waals surface area (Å²) >= 11 is 13.7. The number of hydrogen-bond acceptors (Lipinski definition) is 3. The van der Waals surface area contributed by atoms with Crippen LogP contribution in [0.25, 0.3) is 21.8 Å². The van der Waals surface area contributed by atoms with E-state index in [0.29, 0.717) is 10.0 Å². The monoisotopic (exact) mass is 306 g/mol. The van der Waals surface area contributed by atoms with Crippen LogP contribution in [-0.2, 0) is 0 Å². The predicted octanol–water partition coefficient (Wildman–Crippen LogP) is 5.18. The van der Waals surface area contributed by atoms with Crippen molar-refractivity contribution in [3.63, 3.8) is 0 Å². The fourth-order valence-corrected chi connectivity index (χ4v) is 2.91. The van der Waals surface area contributed by atoms with Crippen molar-refractivity contribution in [1.29, 1.82) is 0 Å². The zero-order valence-corrected chi connectivity index (χ0v) is 12.0. The van der Waals surface area contributed by atoms with Gasteiger partial charge < -0.3 is 0 Å². The first-order chi connectivity index (χ1) is 9.24. The topological polar surface area (TPSA) is 25.8 Å². The van der Waals surface area contributed by atoms with Gasteiger partial charge in [0.15, 0.2) is 0 Å². The van der Waals surface area contributed by atoms with Gasteiger partial charge in [-0.1, -0.05) is 23.2 Å². The molecule has 0 radical (unpaired) electrons. The highest BCUT2D eigenvalue weighted by Crippen LogP contribution is 2.33. The summed E-state index contributed by atoms with van der Waals surface area (Å²) in [5, 5.41) is 4.18. The number of thiazole rings is 1. The molecule has 0 aliphatic heterocycles. The number of pyridine rings is 1. The third-order valence-electron chi connectivity index (χ3n) is 2.62. The summed E-state index contributed by atoms with van der Waals surface area (Å²) in [7, 11) is 0. The summed E-state index contributed by atoms with van der Waals surface area (Å²) in [5.41, 5.74) is 2.67. The second-order valence-electron chi connectivity index (χ2n) is 3.90. The standard InChI is InChI=1S/C14H8Cl2N2S/c15-10-3-4-12(16)11(6-10)13-8-19-14(18-13)9-2-1-5-17-7-9/h1-8H. The lowest BCUT2D eigenvalue weighted by Gasteiger charge is -2.01. The van der Waals surface area contributed by atoms with Crippen molar-refractivity contribution >= 4 is 34.5 Å². The first kappa shape index (κ1) is 12.6. The molecule has 0 fully saturated rings. The molecule has 0 unspecified atom stereocenters. The molecule has 0 amide bonds. The van der Waals surface area contributed by atoms with E-state index in [2.05, 4.69) is 9.97 Å². The van der Waals surface area contributed by atoms with Gasteiger partial charge in [-0.15, -0.1) is 11.3 Å². The number of hydrogen-bond donors (Lipinski definition) is 0. The Bertz CT molecular complexity index is 710. The number of aromatic nitrogens is 2. The first-order valence-corrected chi connectivity index (χ1v) is 7.19. The van der Waals surface area contributed by atoms with Crippen molar-refractivity contribution in [3.8, 4) is 21.8 Å². The molecule has 0 aliphatic carbocycles. The van der Waals surface area contributed by atoms with Crippen LogP contribution in [-0.4, -0.2) is 9.97 Å². The zero-order chi connectivity index (χ0) is 13.2. The molecule has 0 atom stereocenters. The van der Waals surface area contributed by atoms with E-state index in [1.807, 2.05) is 23.6 Å². The van der Waals surface area contributed by atoms with Crippen molar-refractivity contribution in [2.45, 2.75) is 0 Å². The molecule has 0 saturated carbocycles. The molecule has 2 heterocycles. The average molecular weight is 307 g/mol. The van der Waals surface area contributed by atoms with Gasteiger partial charge in [-0.2, -0.15) is 0 Å². The van der Waals surface area contributed by atoms with E-state index in [9.17, 15) is 0 Å². The molecule has 0 bridgehead atoms. The number of nitrogens with zero attached hydrogens (tertiary/aromatic N) is 2. The fourth-order valence-electron chi connectivity index (χ4n) is 1.71. The molecular weight excluding hydrogens is 299 g/mol. The Morgan fingerprint density at radius 2 is 2.00 bits per heavy atom. The lowest BCUT2D eigenvalue weighted by Crippen LogP contribution is -1.82. The Morgan fingerprint density at radius 3 is 2.79 bits per heavy atom. The van der Waals surface area contributed by atoms with Gasteiger partial charge in [0, 0.05) is 33.9 Å². The molecule has 0 saturated heterocycles. The molecule has 0 spiro atoms. The zero-order valence-electron chi connectivity index (χ0n) is 9.68. The van der Waals surface area contributed by atoms with Crippen LogP contribution in [0.5, 0.6) is 0 Å². The Morgan fingerprint density at radius 1 is 1.11 bits per heavy atom. The van der Waals surface area contributed by atoms with Crippen LogP contribution in [0.2, 0.25) is 10.0 Å². The van der Waals surface area contributed by atoms with Gasteiger partial charge in [0.2, 0.25) is 0 Å². The van der Waals surface area contributed by atoms with Crippen LogP contribution in [0.1, 0.15) is 0 Å². The van der Waals surface area contributed by atoms with E-state index in [1.165, 1.54) is 0 Å². The van der Waals surface area contributed by atoms with Crippen molar-refractivity contribution in [1.82, 2.24) is 9.97 Å². The largest absolute Gasteiger partial charge is 0.264 e. The summed E-state index contributed by atoms with van der Waals surface area (Å²) in [6, 6.07) is 9.24. The first-order valence-electron chi connectivity index (χ1n) is 5.55. The average Bonchev–Trinajstić information content (AvgIpc) is 2.92. The Kier molecular flexibility index (Phi) is 3.51. The Hall–Kier alpha value is -1.42. The molecule has 19 heavy (non-hydrogen) atoms. The van der Waals surface area contributed by atoms with E-state index < -0.39 is 0 Å². The molecule has 3 rings (SSSR count). The highest BCUT2D eigenvalue weighted by molar-refractivity contribution is 7.13. The minimum Gasteiger partial charge on any atom is -0.264 e. The maximum atomic E-state index is 6.18. The normalized spacial score (nSPS) is 10.6. The summed E-state index contributed by atoms with van der Waals surface area (Å²) in [6.07, 6.45) is 3.54. The van der Waals surface area contributed by atoms with Gasteiger partial charge in [-0.3, -0.25) is 4.98 Å². The molecule has 3 aromatic rings. The highest BCUT2D eigenvalue weighted by atomic mass is 35.5. The third kappa shape index (κ3) is 2.63. The summed E-state index contributed by atoms with van der Waals surface area (Å²) in [6.45, 7) is 0. The molecule has 0 N–H and O–H groups in total. The second kappa shape index (κ2) is 5.29. The molecular formula is C14H8Cl2N2S. The minimum atomic E-state index is 0.646. The maximum absolute atomic E-state index is 6.18. The van der Waals surface area contributed by atoms with Crippen LogP contribution >= 0.6 is 34.5 Å². The van der Waals surface area contributed by atoms with E-state index >= 15 is 0 Å². The smallest absolute Gasteiger partial charge is 0.125 e. The summed E-state index contributed by atoms with van der Waals surface area (Å²) in [5.74, 6) is 0. The van der Waals surface area contributed by atoms with Crippen molar-refractivity contribution in [3.05, 3.63) is 58.2 Å². The molecule has 5 heteroatoms. The van der Waals surface area contributed by atoms with Crippen molar-refractivity contribution in [2.75, 3.05) is 0 Å². The van der Waals surface area contributed by atoms with E-state index in [1.54, 1.807) is 35.9 Å². The number of rotatable bonds is 2. The van der Waals surface area contributed by atoms with Crippen LogP contribution in [0, 0.1) is 0 Å². The van der Waals surface area contributed by atoms with Crippen LogP contribution < -0.4 is 0 Å². The van der Waals surface area contributed by atoms with E-state index in [-0.39, 0.29) is 0 Å². The van der Waals surface area contributed by atoms with Gasteiger partial charge in [0.25, 0.3) is 0 Å². The van der Waals surface area contributed by atoms with Crippen molar-refractivity contribution < 1.29 is 0 Å². The molecule has 1 aromatic carbocycles. The van der Waals surface area contributed by atoms with Gasteiger partial charge in [0.1, 0.15) is 5.01 Å². The van der Waals surface area contributed by atoms with Gasteiger partial charge in [-0.25, -0.2) is 4.98 Å². The second-order valence-corrected chi connectivity index (χ2v) is 5.61. The number of halogens is 2. The minimum absolute atomic E-state index is 0.646. The third-order valence-corrected chi connectivity index (χ3v) is 4.07. The van der Waals surface area contributed by atoms with Crippen LogP contribution in [0.4, 0.5) is 0 Å². The number of benzene rings is 1. The van der Waals surface area contributed by atoms with Crippen LogP contribution in [0.15, 0.2) is 48.1 Å². The summed E-state index contributed by atoms with van der Waals surface area (Å²) in [4.78, 5) is 8.68. The quantitative estimate of drug-likeness (QED) is 0.652. The van der Waals surface area contributed by atoms with Gasteiger partial charge in [0.05, 0.1) is 10.7 Å². The van der Waals surface area contributed by atoms with E-state index in [0.717, 1.165) is 21.8 Å².